The summed E-state index contributed by atoms with van der Waals surface area (Å²) in [7, 11) is -2.17. The Morgan fingerprint density at radius 1 is 0.917 bits per heavy atom. The smallest absolute Gasteiger partial charge is 0.294 e. The van der Waals surface area contributed by atoms with Crippen LogP contribution in [-0.4, -0.2) is 26.6 Å². The van der Waals surface area contributed by atoms with E-state index in [4.69, 9.17) is 4.55 Å². The Hall–Kier alpha value is -2.25. The molecule has 0 saturated carbocycles. The lowest BCUT2D eigenvalue weighted by molar-refractivity contribution is 0.483. The standard InChI is InChI=1S/C15H17N3O3S.C2H6/c1-3-18(2)14-8-4-12(5-9-14)16-17-13-6-10-15(11-7-13)22(19,20)21;1-2/h4-11H,3H2,1-2H3,(H,19,20,21);1-2H3. The highest BCUT2D eigenvalue weighted by Gasteiger charge is 2.08. The van der Waals surface area contributed by atoms with Crippen LogP contribution in [0.15, 0.2) is 63.7 Å². The van der Waals surface area contributed by atoms with Gasteiger partial charge in [-0.25, -0.2) is 0 Å². The Kier molecular flexibility index (Phi) is 7.54. The monoisotopic (exact) mass is 349 g/mol. The first-order valence-corrected chi connectivity index (χ1v) is 9.14. The molecule has 0 atom stereocenters. The zero-order chi connectivity index (χ0) is 18.2. The van der Waals surface area contributed by atoms with Crippen LogP contribution in [0.5, 0.6) is 0 Å². The molecule has 2 aromatic rings. The van der Waals surface area contributed by atoms with Gasteiger partial charge in [-0.15, -0.1) is 0 Å². The first kappa shape index (κ1) is 19.8. The van der Waals surface area contributed by atoms with Crippen molar-refractivity contribution in [2.45, 2.75) is 25.7 Å². The van der Waals surface area contributed by atoms with Gasteiger partial charge in [0, 0.05) is 19.3 Å². The fraction of sp³-hybridized carbons (Fsp3) is 0.294. The van der Waals surface area contributed by atoms with Crippen LogP contribution in [0.2, 0.25) is 0 Å². The molecule has 2 rings (SSSR count). The van der Waals surface area contributed by atoms with Gasteiger partial charge in [-0.2, -0.15) is 18.6 Å². The number of hydrogen-bond acceptors (Lipinski definition) is 5. The number of anilines is 1. The molecule has 0 aliphatic carbocycles. The lowest BCUT2D eigenvalue weighted by atomic mass is 10.2. The molecule has 130 valence electrons. The van der Waals surface area contributed by atoms with Gasteiger partial charge in [0.15, 0.2) is 0 Å². The van der Waals surface area contributed by atoms with Gasteiger partial charge in [-0.3, -0.25) is 4.55 Å². The van der Waals surface area contributed by atoms with E-state index in [0.29, 0.717) is 11.4 Å². The number of azo groups is 1. The topological polar surface area (TPSA) is 82.3 Å². The van der Waals surface area contributed by atoms with Gasteiger partial charge in [0.1, 0.15) is 0 Å². The summed E-state index contributed by atoms with van der Waals surface area (Å²) in [5.41, 5.74) is 2.30. The normalized spacial score (nSPS) is 11.0. The maximum atomic E-state index is 10.9. The molecule has 0 fully saturated rings. The SMILES string of the molecule is CC.CCN(C)c1ccc(N=Nc2ccc(S(=O)(=O)O)cc2)cc1. The van der Waals surface area contributed by atoms with E-state index in [1.54, 1.807) is 0 Å². The van der Waals surface area contributed by atoms with Crippen LogP contribution in [0.1, 0.15) is 20.8 Å². The second-order valence-corrected chi connectivity index (χ2v) is 6.12. The molecule has 2 aromatic carbocycles. The van der Waals surface area contributed by atoms with Crippen LogP contribution in [0.25, 0.3) is 0 Å². The van der Waals surface area contributed by atoms with Gasteiger partial charge in [0.2, 0.25) is 0 Å². The summed E-state index contributed by atoms with van der Waals surface area (Å²) in [5, 5.41) is 8.12. The molecule has 0 aliphatic heterocycles. The van der Waals surface area contributed by atoms with Gasteiger partial charge in [-0.05, 0) is 55.5 Å². The molecule has 24 heavy (non-hydrogen) atoms. The lowest BCUT2D eigenvalue weighted by Crippen LogP contribution is -2.15. The Labute approximate surface area is 143 Å². The molecule has 0 aromatic heterocycles. The number of nitrogens with zero attached hydrogens (tertiary/aromatic N) is 3. The highest BCUT2D eigenvalue weighted by atomic mass is 32.2. The van der Waals surface area contributed by atoms with Gasteiger partial charge in [-0.1, -0.05) is 13.8 Å². The van der Waals surface area contributed by atoms with Crippen molar-refractivity contribution in [3.63, 3.8) is 0 Å². The quantitative estimate of drug-likeness (QED) is 0.619. The van der Waals surface area contributed by atoms with E-state index in [2.05, 4.69) is 22.1 Å². The van der Waals surface area contributed by atoms with Crippen molar-refractivity contribution in [3.05, 3.63) is 48.5 Å². The average molecular weight is 349 g/mol. The van der Waals surface area contributed by atoms with Gasteiger partial charge < -0.3 is 4.90 Å². The molecule has 7 heteroatoms. The highest BCUT2D eigenvalue weighted by Crippen LogP contribution is 2.22. The van der Waals surface area contributed by atoms with E-state index in [9.17, 15) is 8.42 Å². The maximum Gasteiger partial charge on any atom is 0.294 e. The third-order valence-corrected chi connectivity index (χ3v) is 4.05. The molecule has 0 spiro atoms. The van der Waals surface area contributed by atoms with Crippen LogP contribution < -0.4 is 4.90 Å². The Morgan fingerprint density at radius 3 is 1.71 bits per heavy atom. The summed E-state index contributed by atoms with van der Waals surface area (Å²) in [6, 6.07) is 13.2. The fourth-order valence-corrected chi connectivity index (χ4v) is 2.24. The lowest BCUT2D eigenvalue weighted by Gasteiger charge is -2.16. The predicted octanol–water partition coefficient (Wildman–Crippen LogP) is 4.83. The van der Waals surface area contributed by atoms with Gasteiger partial charge in [0.25, 0.3) is 10.1 Å². The molecule has 0 bridgehead atoms. The molecular formula is C17H23N3O3S. The fourth-order valence-electron chi connectivity index (χ4n) is 1.76. The summed E-state index contributed by atoms with van der Waals surface area (Å²) >= 11 is 0. The molecule has 6 nitrogen and oxygen atoms in total. The van der Waals surface area contributed by atoms with Crippen molar-refractivity contribution in [1.29, 1.82) is 0 Å². The molecule has 0 saturated heterocycles. The predicted molar refractivity (Wildman–Crippen MR) is 97.2 cm³/mol. The van der Waals surface area contributed by atoms with Crippen molar-refractivity contribution in [2.24, 2.45) is 10.2 Å². The minimum absolute atomic E-state index is 0.168. The molecule has 0 heterocycles. The second-order valence-electron chi connectivity index (χ2n) is 4.70. The minimum atomic E-state index is -4.18. The third-order valence-electron chi connectivity index (χ3n) is 3.18. The maximum absolute atomic E-state index is 10.9. The van der Waals surface area contributed by atoms with Crippen LogP contribution in [-0.2, 0) is 10.1 Å². The van der Waals surface area contributed by atoms with Gasteiger partial charge >= 0.3 is 0 Å². The van der Waals surface area contributed by atoms with E-state index >= 15 is 0 Å². The second kappa shape index (κ2) is 9.14. The minimum Gasteiger partial charge on any atom is -0.375 e. The number of benzene rings is 2. The third kappa shape index (κ3) is 5.75. The van der Waals surface area contributed by atoms with E-state index in [0.717, 1.165) is 12.2 Å². The molecule has 0 unspecified atom stereocenters. The summed E-state index contributed by atoms with van der Waals surface area (Å²) in [5.74, 6) is 0. The van der Waals surface area contributed by atoms with Crippen molar-refractivity contribution in [3.8, 4) is 0 Å². The Morgan fingerprint density at radius 2 is 1.33 bits per heavy atom. The number of rotatable bonds is 5. The number of hydrogen-bond donors (Lipinski definition) is 1. The van der Waals surface area contributed by atoms with E-state index in [-0.39, 0.29) is 4.90 Å². The van der Waals surface area contributed by atoms with E-state index in [1.807, 2.05) is 45.2 Å². The molecule has 1 N–H and O–H groups in total. The van der Waals surface area contributed by atoms with E-state index < -0.39 is 10.1 Å². The van der Waals surface area contributed by atoms with Crippen molar-refractivity contribution in [2.75, 3.05) is 18.5 Å². The first-order chi connectivity index (χ1) is 11.4. The summed E-state index contributed by atoms with van der Waals surface area (Å²) < 4.78 is 30.8. The van der Waals surface area contributed by atoms with Crippen LogP contribution >= 0.6 is 0 Å². The van der Waals surface area contributed by atoms with Crippen LogP contribution in [0.4, 0.5) is 17.1 Å². The molecule has 0 amide bonds. The van der Waals surface area contributed by atoms with Crippen molar-refractivity contribution in [1.82, 2.24) is 0 Å². The largest absolute Gasteiger partial charge is 0.375 e. The summed E-state index contributed by atoms with van der Waals surface area (Å²) in [4.78, 5) is 1.94. The molecule has 0 aliphatic rings. The van der Waals surface area contributed by atoms with Crippen molar-refractivity contribution >= 4 is 27.2 Å². The zero-order valence-corrected chi connectivity index (χ0v) is 15.2. The van der Waals surface area contributed by atoms with Crippen LogP contribution in [0.3, 0.4) is 0 Å². The first-order valence-electron chi connectivity index (χ1n) is 7.70. The Balaban J connectivity index is 0.00000139. The van der Waals surface area contributed by atoms with Crippen molar-refractivity contribution < 1.29 is 13.0 Å². The molecular weight excluding hydrogens is 326 g/mol. The summed E-state index contributed by atoms with van der Waals surface area (Å²) in [6.45, 7) is 6.99. The Bertz CT molecular complexity index is 755. The zero-order valence-electron chi connectivity index (χ0n) is 14.3. The van der Waals surface area contributed by atoms with Crippen LogP contribution in [0, 0.1) is 0 Å². The van der Waals surface area contributed by atoms with E-state index in [1.165, 1.54) is 24.3 Å². The summed E-state index contributed by atoms with van der Waals surface area (Å²) in [6.07, 6.45) is 0. The molecule has 0 radical (unpaired) electrons. The van der Waals surface area contributed by atoms with Gasteiger partial charge in [0.05, 0.1) is 16.3 Å². The average Bonchev–Trinajstić information content (AvgIpc) is 2.61. The highest BCUT2D eigenvalue weighted by molar-refractivity contribution is 7.85.